The first-order valence-electron chi connectivity index (χ1n) is 2.94. The number of rotatable bonds is 4. The molecular formula is C6H11N3O2. The van der Waals surface area contributed by atoms with Crippen molar-refractivity contribution in [3.8, 4) is 0 Å². The van der Waals surface area contributed by atoms with Gasteiger partial charge < -0.3 is 15.8 Å². The summed E-state index contributed by atoms with van der Waals surface area (Å²) in [6.45, 7) is 3.24. The molecule has 0 atom stereocenters. The van der Waals surface area contributed by atoms with Gasteiger partial charge in [0.2, 0.25) is 0 Å². The predicted molar refractivity (Wildman–Crippen MR) is 41.8 cm³/mol. The zero-order valence-electron chi connectivity index (χ0n) is 6.33. The lowest BCUT2D eigenvalue weighted by molar-refractivity contribution is -0.139. The van der Waals surface area contributed by atoms with Crippen LogP contribution in [-0.4, -0.2) is 26.1 Å². The molecule has 0 heterocycles. The van der Waals surface area contributed by atoms with Crippen LogP contribution in [0.4, 0.5) is 0 Å². The predicted octanol–water partition coefficient (Wildman–Crippen LogP) is -0.793. The van der Waals surface area contributed by atoms with E-state index in [0.717, 1.165) is 0 Å². The Bertz CT molecular complexity index is 177. The third-order valence-electron chi connectivity index (χ3n) is 0.769. The Morgan fingerprint density at radius 3 is 3.00 bits per heavy atom. The summed E-state index contributed by atoms with van der Waals surface area (Å²) in [6, 6.07) is 0. The van der Waals surface area contributed by atoms with Gasteiger partial charge in [-0.15, -0.1) is 0 Å². The van der Waals surface area contributed by atoms with Gasteiger partial charge in [0.05, 0.1) is 6.34 Å². The second-order valence-corrected chi connectivity index (χ2v) is 1.69. The van der Waals surface area contributed by atoms with Crippen molar-refractivity contribution in [1.29, 1.82) is 0 Å². The summed E-state index contributed by atoms with van der Waals surface area (Å²) in [5.74, 6) is -0.623. The summed E-state index contributed by atoms with van der Waals surface area (Å²) in [5, 5.41) is 2.59. The van der Waals surface area contributed by atoms with Crippen molar-refractivity contribution >= 4 is 12.3 Å². The number of hydrogen-bond donors (Lipinski definition) is 2. The molecule has 0 aromatic rings. The fourth-order valence-electron chi connectivity index (χ4n) is 0.328. The van der Waals surface area contributed by atoms with Crippen LogP contribution < -0.4 is 11.1 Å². The monoisotopic (exact) mass is 157 g/mol. The van der Waals surface area contributed by atoms with Gasteiger partial charge in [-0.25, -0.2) is 4.79 Å². The number of nitrogens with one attached hydrogen (secondary N) is 1. The van der Waals surface area contributed by atoms with Crippen LogP contribution in [0.25, 0.3) is 0 Å². The van der Waals surface area contributed by atoms with Gasteiger partial charge in [-0.1, -0.05) is 6.58 Å². The quantitative estimate of drug-likeness (QED) is 0.140. The molecule has 5 nitrogen and oxygen atoms in total. The highest BCUT2D eigenvalue weighted by Crippen LogP contribution is 1.81. The molecular weight excluding hydrogens is 146 g/mol. The Balaban J connectivity index is 3.39. The van der Waals surface area contributed by atoms with Crippen molar-refractivity contribution in [3.63, 3.8) is 0 Å². The average molecular weight is 157 g/mol. The van der Waals surface area contributed by atoms with Crippen molar-refractivity contribution in [2.75, 3.05) is 13.8 Å². The molecule has 0 unspecified atom stereocenters. The second kappa shape index (κ2) is 5.28. The molecule has 3 N–H and O–H groups in total. The fourth-order valence-corrected chi connectivity index (χ4v) is 0.328. The molecule has 5 heteroatoms. The number of carbonyl (C=O) groups is 1. The minimum absolute atomic E-state index is 0.0480. The molecule has 0 saturated carbocycles. The lowest BCUT2D eigenvalue weighted by Gasteiger charge is -2.01. The second-order valence-electron chi connectivity index (χ2n) is 1.69. The molecule has 62 valence electrons. The highest BCUT2D eigenvalue weighted by atomic mass is 16.5. The minimum Gasteiger partial charge on any atom is -0.440 e. The highest BCUT2D eigenvalue weighted by molar-refractivity contribution is 5.86. The average Bonchev–Trinajstić information content (AvgIpc) is 1.97. The maximum atomic E-state index is 10.6. The van der Waals surface area contributed by atoms with Crippen molar-refractivity contribution in [1.82, 2.24) is 5.32 Å². The van der Waals surface area contributed by atoms with E-state index < -0.39 is 5.97 Å². The van der Waals surface area contributed by atoms with Crippen LogP contribution in [0, 0.1) is 0 Å². The van der Waals surface area contributed by atoms with E-state index in [4.69, 9.17) is 5.73 Å². The number of esters is 1. The van der Waals surface area contributed by atoms with Crippen molar-refractivity contribution < 1.29 is 9.53 Å². The van der Waals surface area contributed by atoms with Crippen molar-refractivity contribution in [2.45, 2.75) is 0 Å². The van der Waals surface area contributed by atoms with Gasteiger partial charge in [-0.05, 0) is 0 Å². The molecule has 11 heavy (non-hydrogen) atoms. The molecule has 0 rings (SSSR count). The van der Waals surface area contributed by atoms with Gasteiger partial charge in [-0.2, -0.15) is 0 Å². The maximum absolute atomic E-state index is 10.6. The molecule has 0 saturated heterocycles. The smallest absolute Gasteiger partial charge is 0.355 e. The van der Waals surface area contributed by atoms with Gasteiger partial charge in [-0.3, -0.25) is 4.99 Å². The zero-order valence-corrected chi connectivity index (χ0v) is 6.33. The van der Waals surface area contributed by atoms with Gasteiger partial charge in [0, 0.05) is 7.05 Å². The van der Waals surface area contributed by atoms with Crippen LogP contribution in [0.2, 0.25) is 0 Å². The van der Waals surface area contributed by atoms with Gasteiger partial charge in [0.25, 0.3) is 0 Å². The minimum atomic E-state index is -0.623. The molecule has 0 aromatic carbocycles. The number of hydrogen-bond acceptors (Lipinski definition) is 4. The van der Waals surface area contributed by atoms with Crippen LogP contribution in [-0.2, 0) is 9.53 Å². The van der Waals surface area contributed by atoms with Crippen LogP contribution in [0.3, 0.4) is 0 Å². The Labute approximate surface area is 64.9 Å². The topological polar surface area (TPSA) is 76.7 Å². The lowest BCUT2D eigenvalue weighted by atomic mass is 10.5. The Morgan fingerprint density at radius 2 is 2.55 bits per heavy atom. The normalized spacial score (nSPS) is 9.55. The molecule has 0 aliphatic heterocycles. The van der Waals surface area contributed by atoms with E-state index in [1.807, 2.05) is 0 Å². The summed E-state index contributed by atoms with van der Waals surface area (Å²) in [4.78, 5) is 14.2. The summed E-state index contributed by atoms with van der Waals surface area (Å²) >= 11 is 0. The van der Waals surface area contributed by atoms with Crippen molar-refractivity contribution in [2.24, 2.45) is 10.7 Å². The van der Waals surface area contributed by atoms with Crippen LogP contribution in [0.5, 0.6) is 0 Å². The first-order chi connectivity index (χ1) is 5.18. The number of ether oxygens (including phenoxy) is 1. The summed E-state index contributed by atoms with van der Waals surface area (Å²) in [6.07, 6.45) is 1.41. The molecule has 0 aliphatic rings. The Morgan fingerprint density at radius 1 is 1.91 bits per heavy atom. The maximum Gasteiger partial charge on any atom is 0.355 e. The molecule has 0 fully saturated rings. The number of carbonyl (C=O) groups excluding carboxylic acids is 1. The largest absolute Gasteiger partial charge is 0.440 e. The van der Waals surface area contributed by atoms with E-state index >= 15 is 0 Å². The molecule has 0 aromatic heterocycles. The van der Waals surface area contributed by atoms with E-state index in [2.05, 4.69) is 21.6 Å². The van der Waals surface area contributed by atoms with E-state index in [-0.39, 0.29) is 12.4 Å². The van der Waals surface area contributed by atoms with E-state index in [1.165, 1.54) is 6.34 Å². The van der Waals surface area contributed by atoms with Crippen LogP contribution >= 0.6 is 0 Å². The summed E-state index contributed by atoms with van der Waals surface area (Å²) in [7, 11) is 1.59. The Kier molecular flexibility index (Phi) is 4.55. The standard InChI is InChI=1S/C6H11N3O2/c1-5(7)6(10)11-4-9-3-8-2/h3H,1,4,7H2,2H3,(H,8,9). The van der Waals surface area contributed by atoms with E-state index in [1.54, 1.807) is 7.05 Å². The van der Waals surface area contributed by atoms with Gasteiger partial charge >= 0.3 is 5.97 Å². The summed E-state index contributed by atoms with van der Waals surface area (Å²) < 4.78 is 4.54. The molecule has 0 spiro atoms. The first-order valence-corrected chi connectivity index (χ1v) is 2.94. The molecule has 0 radical (unpaired) electrons. The summed E-state index contributed by atoms with van der Waals surface area (Å²) in [5.41, 5.74) is 4.91. The van der Waals surface area contributed by atoms with E-state index in [9.17, 15) is 4.79 Å². The highest BCUT2D eigenvalue weighted by Gasteiger charge is 2.00. The number of nitrogens with two attached hydrogens (primary N) is 1. The van der Waals surface area contributed by atoms with Gasteiger partial charge in [0.1, 0.15) is 5.70 Å². The van der Waals surface area contributed by atoms with E-state index in [0.29, 0.717) is 0 Å². The fraction of sp³-hybridized carbons (Fsp3) is 0.333. The van der Waals surface area contributed by atoms with Crippen molar-refractivity contribution in [3.05, 3.63) is 12.3 Å². The number of aliphatic imine (C=N–C) groups is 1. The molecule has 0 aliphatic carbocycles. The zero-order chi connectivity index (χ0) is 8.69. The van der Waals surface area contributed by atoms with Crippen LogP contribution in [0.1, 0.15) is 0 Å². The third kappa shape index (κ3) is 4.95. The SMILES string of the molecule is C=C(N)C(=O)OCNC=NC. The van der Waals surface area contributed by atoms with Crippen LogP contribution in [0.15, 0.2) is 17.3 Å². The lowest BCUT2D eigenvalue weighted by Crippen LogP contribution is -2.22. The Hall–Kier alpha value is -1.52. The number of nitrogens with zero attached hydrogens (tertiary/aromatic N) is 1. The molecule has 0 bridgehead atoms. The molecule has 0 amide bonds. The van der Waals surface area contributed by atoms with Gasteiger partial charge in [0.15, 0.2) is 6.73 Å². The third-order valence-corrected chi connectivity index (χ3v) is 0.769. The first kappa shape index (κ1) is 9.48.